The zero-order valence-electron chi connectivity index (χ0n) is 10.4. The van der Waals surface area contributed by atoms with Crippen molar-refractivity contribution in [3.8, 4) is 17.2 Å². The Balaban J connectivity index is 2.32. The third kappa shape index (κ3) is 2.56. The molecule has 5 nitrogen and oxygen atoms in total. The summed E-state index contributed by atoms with van der Waals surface area (Å²) in [6, 6.07) is 3.61. The first-order valence-corrected chi connectivity index (χ1v) is 5.62. The van der Waals surface area contributed by atoms with Gasteiger partial charge in [0.1, 0.15) is 13.2 Å². The largest absolute Gasteiger partial charge is 0.493 e. The molecule has 0 fully saturated rings. The molecule has 1 amide bonds. The topological polar surface area (TPSA) is 56.8 Å². The minimum absolute atomic E-state index is 0.163. The Morgan fingerprint density at radius 2 is 2.17 bits per heavy atom. The van der Waals surface area contributed by atoms with Gasteiger partial charge in [0.05, 0.1) is 7.11 Å². The Hall–Kier alpha value is -2.17. The highest BCUT2D eigenvalue weighted by molar-refractivity contribution is 5.91. The van der Waals surface area contributed by atoms with Gasteiger partial charge in [-0.15, -0.1) is 0 Å². The smallest absolute Gasteiger partial charge is 0.243 e. The summed E-state index contributed by atoms with van der Waals surface area (Å²) >= 11 is 0. The molecule has 0 saturated carbocycles. The third-order valence-electron chi connectivity index (χ3n) is 2.52. The number of likely N-dealkylation sites (N-methyl/N-ethyl adjacent to an activating group) is 1. The van der Waals surface area contributed by atoms with Gasteiger partial charge in [0, 0.05) is 13.1 Å². The second-order valence-corrected chi connectivity index (χ2v) is 3.69. The summed E-state index contributed by atoms with van der Waals surface area (Å²) in [5.74, 6) is 1.69. The van der Waals surface area contributed by atoms with E-state index in [1.165, 1.54) is 6.08 Å². The maximum absolute atomic E-state index is 11.1. The summed E-state index contributed by atoms with van der Waals surface area (Å²) < 4.78 is 16.2. The van der Waals surface area contributed by atoms with Crippen molar-refractivity contribution in [1.29, 1.82) is 0 Å². The van der Waals surface area contributed by atoms with Crippen molar-refractivity contribution in [2.75, 3.05) is 27.4 Å². The van der Waals surface area contributed by atoms with Crippen molar-refractivity contribution in [3.05, 3.63) is 23.8 Å². The lowest BCUT2D eigenvalue weighted by Crippen LogP contribution is -2.16. The van der Waals surface area contributed by atoms with Crippen LogP contribution in [0.1, 0.15) is 5.56 Å². The predicted molar refractivity (Wildman–Crippen MR) is 67.1 cm³/mol. The average Bonchev–Trinajstić information content (AvgIpc) is 2.43. The van der Waals surface area contributed by atoms with Gasteiger partial charge in [0.2, 0.25) is 11.7 Å². The standard InChI is InChI=1S/C13H15NO4/c1-14-12(15)4-3-9-7-10(16-2)13-11(8-9)17-5-6-18-13/h3-4,7-8H,5-6H2,1-2H3,(H,14,15)/b4-3+. The van der Waals surface area contributed by atoms with Gasteiger partial charge in [0.15, 0.2) is 11.5 Å². The molecule has 0 aromatic heterocycles. The lowest BCUT2D eigenvalue weighted by Gasteiger charge is -2.20. The summed E-state index contributed by atoms with van der Waals surface area (Å²) in [6.45, 7) is 1.02. The first-order chi connectivity index (χ1) is 8.74. The Bertz CT molecular complexity index is 465. The predicted octanol–water partition coefficient (Wildman–Crippen LogP) is 1.23. The third-order valence-corrected chi connectivity index (χ3v) is 2.52. The molecule has 1 heterocycles. The fourth-order valence-corrected chi connectivity index (χ4v) is 1.64. The molecule has 18 heavy (non-hydrogen) atoms. The van der Waals surface area contributed by atoms with E-state index in [9.17, 15) is 4.79 Å². The van der Waals surface area contributed by atoms with Gasteiger partial charge in [-0.25, -0.2) is 0 Å². The van der Waals surface area contributed by atoms with Crippen molar-refractivity contribution in [2.24, 2.45) is 0 Å². The van der Waals surface area contributed by atoms with Crippen molar-refractivity contribution in [2.45, 2.75) is 0 Å². The highest BCUT2D eigenvalue weighted by Gasteiger charge is 2.17. The molecule has 5 heteroatoms. The maximum atomic E-state index is 11.1. The van der Waals surface area contributed by atoms with Crippen LogP contribution in [0, 0.1) is 0 Å². The fraction of sp³-hybridized carbons (Fsp3) is 0.308. The lowest BCUT2D eigenvalue weighted by molar-refractivity contribution is -0.115. The molecule has 2 rings (SSSR count). The van der Waals surface area contributed by atoms with Crippen molar-refractivity contribution in [3.63, 3.8) is 0 Å². The molecule has 0 atom stereocenters. The first-order valence-electron chi connectivity index (χ1n) is 5.62. The average molecular weight is 249 g/mol. The molecule has 1 aromatic rings. The minimum atomic E-state index is -0.163. The van der Waals surface area contributed by atoms with Gasteiger partial charge in [-0.2, -0.15) is 0 Å². The number of benzene rings is 1. The Morgan fingerprint density at radius 1 is 1.39 bits per heavy atom. The van der Waals surface area contributed by atoms with E-state index >= 15 is 0 Å². The molecular weight excluding hydrogens is 234 g/mol. The van der Waals surface area contributed by atoms with Crippen LogP contribution in [-0.4, -0.2) is 33.3 Å². The van der Waals surface area contributed by atoms with Crippen LogP contribution in [0.2, 0.25) is 0 Å². The van der Waals surface area contributed by atoms with Crippen LogP contribution in [0.3, 0.4) is 0 Å². The van der Waals surface area contributed by atoms with E-state index in [1.54, 1.807) is 26.3 Å². The van der Waals surface area contributed by atoms with Gasteiger partial charge in [0.25, 0.3) is 0 Å². The van der Waals surface area contributed by atoms with E-state index < -0.39 is 0 Å². The normalized spacial score (nSPS) is 13.4. The zero-order chi connectivity index (χ0) is 13.0. The number of carbonyl (C=O) groups excluding carboxylic acids is 1. The van der Waals surface area contributed by atoms with Crippen LogP contribution in [-0.2, 0) is 4.79 Å². The second kappa shape index (κ2) is 5.44. The monoisotopic (exact) mass is 249 g/mol. The van der Waals surface area contributed by atoms with Crippen LogP contribution in [0.4, 0.5) is 0 Å². The van der Waals surface area contributed by atoms with E-state index in [-0.39, 0.29) is 5.91 Å². The first kappa shape index (κ1) is 12.3. The Kier molecular flexibility index (Phi) is 3.72. The van der Waals surface area contributed by atoms with Gasteiger partial charge >= 0.3 is 0 Å². The van der Waals surface area contributed by atoms with Crippen LogP contribution < -0.4 is 19.5 Å². The second-order valence-electron chi connectivity index (χ2n) is 3.69. The molecule has 0 saturated heterocycles. The van der Waals surface area contributed by atoms with Gasteiger partial charge in [-0.1, -0.05) is 0 Å². The molecule has 1 N–H and O–H groups in total. The van der Waals surface area contributed by atoms with E-state index in [2.05, 4.69) is 5.32 Å². The highest BCUT2D eigenvalue weighted by Crippen LogP contribution is 2.40. The number of carbonyl (C=O) groups is 1. The lowest BCUT2D eigenvalue weighted by atomic mass is 10.1. The van der Waals surface area contributed by atoms with Crippen LogP contribution in [0.25, 0.3) is 6.08 Å². The zero-order valence-corrected chi connectivity index (χ0v) is 10.4. The minimum Gasteiger partial charge on any atom is -0.493 e. The fourth-order valence-electron chi connectivity index (χ4n) is 1.64. The van der Waals surface area contributed by atoms with E-state index in [4.69, 9.17) is 14.2 Å². The molecule has 1 aliphatic heterocycles. The van der Waals surface area contributed by atoms with E-state index in [0.717, 1.165) is 5.56 Å². The summed E-state index contributed by atoms with van der Waals surface area (Å²) in [4.78, 5) is 11.1. The number of rotatable bonds is 3. The molecule has 0 bridgehead atoms. The number of amides is 1. The number of ether oxygens (including phenoxy) is 3. The molecule has 96 valence electrons. The Labute approximate surface area is 105 Å². The van der Waals surface area contributed by atoms with Gasteiger partial charge in [-0.3, -0.25) is 4.79 Å². The Morgan fingerprint density at radius 3 is 2.89 bits per heavy atom. The number of nitrogens with one attached hydrogen (secondary N) is 1. The summed E-state index contributed by atoms with van der Waals surface area (Å²) in [5.41, 5.74) is 0.819. The van der Waals surface area contributed by atoms with Crippen molar-refractivity contribution < 1.29 is 19.0 Å². The quantitative estimate of drug-likeness (QED) is 0.818. The van der Waals surface area contributed by atoms with Crippen LogP contribution in [0.5, 0.6) is 17.2 Å². The summed E-state index contributed by atoms with van der Waals surface area (Å²) in [7, 11) is 3.15. The number of fused-ring (bicyclic) bond motifs is 1. The summed E-state index contributed by atoms with van der Waals surface area (Å²) in [6.07, 6.45) is 3.14. The molecule has 0 unspecified atom stereocenters. The van der Waals surface area contributed by atoms with Gasteiger partial charge < -0.3 is 19.5 Å². The maximum Gasteiger partial charge on any atom is 0.243 e. The molecule has 0 spiro atoms. The van der Waals surface area contributed by atoms with Crippen molar-refractivity contribution in [1.82, 2.24) is 5.32 Å². The number of hydrogen-bond donors (Lipinski definition) is 1. The number of hydrogen-bond acceptors (Lipinski definition) is 4. The van der Waals surface area contributed by atoms with Crippen LogP contribution >= 0.6 is 0 Å². The molecule has 0 radical (unpaired) electrons. The molecule has 1 aromatic carbocycles. The van der Waals surface area contributed by atoms with E-state index in [1.807, 2.05) is 6.07 Å². The molecule has 0 aliphatic carbocycles. The molecular formula is C13H15NO4. The SMILES string of the molecule is CNC(=O)/C=C/c1cc(OC)c2c(c1)OCCO2. The van der Waals surface area contributed by atoms with Crippen LogP contribution in [0.15, 0.2) is 18.2 Å². The van der Waals surface area contributed by atoms with Gasteiger partial charge in [-0.05, 0) is 23.8 Å². The van der Waals surface area contributed by atoms with E-state index in [0.29, 0.717) is 30.5 Å². The highest BCUT2D eigenvalue weighted by atomic mass is 16.6. The van der Waals surface area contributed by atoms with Crippen molar-refractivity contribution >= 4 is 12.0 Å². The molecule has 1 aliphatic rings. The summed E-state index contributed by atoms with van der Waals surface area (Å²) in [5, 5.41) is 2.51. The number of methoxy groups -OCH3 is 1.